The van der Waals surface area contributed by atoms with E-state index in [0.29, 0.717) is 22.3 Å². The maximum atomic E-state index is 13.6. The van der Waals surface area contributed by atoms with Gasteiger partial charge in [0.15, 0.2) is 0 Å². The van der Waals surface area contributed by atoms with Gasteiger partial charge in [-0.05, 0) is 46.0 Å². The van der Waals surface area contributed by atoms with Crippen LogP contribution in [0.1, 0.15) is 27.0 Å². The number of nitro groups is 1. The molecule has 4 aromatic carbocycles. The second-order valence-electron chi connectivity index (χ2n) is 8.27. The first-order valence-electron chi connectivity index (χ1n) is 11.3. The van der Waals surface area contributed by atoms with Crippen LogP contribution in [0.25, 0.3) is 16.7 Å². The van der Waals surface area contributed by atoms with Crippen LogP contribution >= 0.6 is 0 Å². The molecule has 0 spiro atoms. The Morgan fingerprint density at radius 2 is 1.33 bits per heavy atom. The summed E-state index contributed by atoms with van der Waals surface area (Å²) in [7, 11) is 0. The minimum absolute atomic E-state index is 0.0338. The highest BCUT2D eigenvalue weighted by atomic mass is 16.6. The molecule has 7 heteroatoms. The SMILES string of the molecule is O=C(NCc1ccccc1)/C(NC(=O)c1ccccc1)=C1\c2ccccc2-c2ccc([N+](=O)[O-])cc21. The number of rotatable bonds is 6. The molecule has 0 aromatic heterocycles. The van der Waals surface area contributed by atoms with Crippen molar-refractivity contribution in [3.63, 3.8) is 0 Å². The number of hydrogen-bond acceptors (Lipinski definition) is 4. The second-order valence-corrected chi connectivity index (χ2v) is 8.27. The van der Waals surface area contributed by atoms with Crippen molar-refractivity contribution in [2.75, 3.05) is 0 Å². The number of benzene rings is 4. The van der Waals surface area contributed by atoms with Crippen molar-refractivity contribution < 1.29 is 14.5 Å². The highest BCUT2D eigenvalue weighted by molar-refractivity contribution is 6.14. The molecule has 7 nitrogen and oxygen atoms in total. The zero-order chi connectivity index (χ0) is 25.1. The second kappa shape index (κ2) is 9.68. The van der Waals surface area contributed by atoms with E-state index in [1.165, 1.54) is 12.1 Å². The standard InChI is InChI=1S/C29H21N3O4/c33-28(20-11-5-2-6-12-20)31-27(29(34)30-18-19-9-3-1-4-10-19)26-24-14-8-7-13-22(24)23-16-15-21(32(35)36)17-25(23)26/h1-17H,18H2,(H,30,34)(H,31,33)/b27-26-. The van der Waals surface area contributed by atoms with E-state index in [0.717, 1.165) is 16.7 Å². The third kappa shape index (κ3) is 4.37. The molecule has 0 heterocycles. The molecule has 36 heavy (non-hydrogen) atoms. The Labute approximate surface area is 207 Å². The number of nitrogens with one attached hydrogen (secondary N) is 2. The first-order valence-corrected chi connectivity index (χ1v) is 11.3. The van der Waals surface area contributed by atoms with E-state index < -0.39 is 16.7 Å². The van der Waals surface area contributed by atoms with Gasteiger partial charge in [0.1, 0.15) is 5.70 Å². The zero-order valence-corrected chi connectivity index (χ0v) is 19.1. The molecule has 2 amide bonds. The summed E-state index contributed by atoms with van der Waals surface area (Å²) in [6.45, 7) is 0.251. The fourth-order valence-electron chi connectivity index (χ4n) is 4.31. The first kappa shape index (κ1) is 22.7. The van der Waals surface area contributed by atoms with Gasteiger partial charge in [-0.3, -0.25) is 19.7 Å². The largest absolute Gasteiger partial charge is 0.347 e. The Morgan fingerprint density at radius 1 is 0.722 bits per heavy atom. The Hall–Kier alpha value is -5.04. The first-order chi connectivity index (χ1) is 17.5. The van der Waals surface area contributed by atoms with Gasteiger partial charge < -0.3 is 10.6 Å². The van der Waals surface area contributed by atoms with Crippen molar-refractivity contribution in [1.82, 2.24) is 10.6 Å². The van der Waals surface area contributed by atoms with Crippen molar-refractivity contribution in [1.29, 1.82) is 0 Å². The number of hydrogen-bond donors (Lipinski definition) is 2. The molecule has 1 aliphatic carbocycles. The van der Waals surface area contributed by atoms with Crippen LogP contribution in [0.3, 0.4) is 0 Å². The third-order valence-corrected chi connectivity index (χ3v) is 6.02. The van der Waals surface area contributed by atoms with Crippen LogP contribution in [-0.4, -0.2) is 16.7 Å². The zero-order valence-electron chi connectivity index (χ0n) is 19.1. The molecule has 5 rings (SSSR count). The maximum absolute atomic E-state index is 13.6. The Bertz CT molecular complexity index is 1510. The third-order valence-electron chi connectivity index (χ3n) is 6.02. The number of carbonyl (C=O) groups excluding carboxylic acids is 2. The summed E-state index contributed by atoms with van der Waals surface area (Å²) in [4.78, 5) is 37.8. The van der Waals surface area contributed by atoms with Gasteiger partial charge in [0, 0.05) is 29.8 Å². The highest BCUT2D eigenvalue weighted by Crippen LogP contribution is 2.46. The molecule has 0 aliphatic heterocycles. The molecule has 0 saturated heterocycles. The Balaban J connectivity index is 1.65. The predicted molar refractivity (Wildman–Crippen MR) is 137 cm³/mol. The quantitative estimate of drug-likeness (QED) is 0.203. The average Bonchev–Trinajstić information content (AvgIpc) is 3.24. The van der Waals surface area contributed by atoms with Gasteiger partial charge in [-0.25, -0.2) is 0 Å². The monoisotopic (exact) mass is 475 g/mol. The van der Waals surface area contributed by atoms with Crippen LogP contribution < -0.4 is 10.6 Å². The van der Waals surface area contributed by atoms with E-state index in [1.54, 1.807) is 36.4 Å². The van der Waals surface area contributed by atoms with Gasteiger partial charge in [0.25, 0.3) is 17.5 Å². The maximum Gasteiger partial charge on any atom is 0.270 e. The molecule has 176 valence electrons. The number of amides is 2. The minimum atomic E-state index is -0.493. The van der Waals surface area contributed by atoms with E-state index in [9.17, 15) is 19.7 Å². The number of nitrogens with zero attached hydrogens (tertiary/aromatic N) is 1. The van der Waals surface area contributed by atoms with Crippen molar-refractivity contribution in [2.45, 2.75) is 6.54 Å². The normalized spacial score (nSPS) is 12.8. The molecular formula is C29H21N3O4. The van der Waals surface area contributed by atoms with Crippen molar-refractivity contribution in [2.24, 2.45) is 0 Å². The molecule has 0 atom stereocenters. The summed E-state index contributed by atoms with van der Waals surface area (Å²) in [5.74, 6) is -0.948. The number of carbonyl (C=O) groups is 2. The summed E-state index contributed by atoms with van der Waals surface area (Å²) in [6, 6.07) is 30.0. The lowest BCUT2D eigenvalue weighted by Gasteiger charge is -2.15. The lowest BCUT2D eigenvalue weighted by atomic mass is 10.00. The van der Waals surface area contributed by atoms with Gasteiger partial charge in [-0.1, -0.05) is 72.8 Å². The fraction of sp³-hybridized carbons (Fsp3) is 0.0345. The lowest BCUT2D eigenvalue weighted by molar-refractivity contribution is -0.384. The van der Waals surface area contributed by atoms with Crippen LogP contribution in [0.4, 0.5) is 5.69 Å². The molecule has 0 unspecified atom stereocenters. The summed E-state index contributed by atoms with van der Waals surface area (Å²) >= 11 is 0. The number of non-ortho nitro benzene ring substituents is 1. The molecular weight excluding hydrogens is 454 g/mol. The minimum Gasteiger partial charge on any atom is -0.347 e. The van der Waals surface area contributed by atoms with E-state index in [1.807, 2.05) is 54.6 Å². The number of nitro benzene ring substituents is 1. The summed E-state index contributed by atoms with van der Waals surface area (Å²) < 4.78 is 0. The van der Waals surface area contributed by atoms with Gasteiger partial charge in [0.05, 0.1) is 4.92 Å². The summed E-state index contributed by atoms with van der Waals surface area (Å²) in [5.41, 5.74) is 4.48. The summed E-state index contributed by atoms with van der Waals surface area (Å²) in [5, 5.41) is 17.2. The fourth-order valence-corrected chi connectivity index (χ4v) is 4.31. The molecule has 0 saturated carbocycles. The van der Waals surface area contributed by atoms with E-state index in [2.05, 4.69) is 10.6 Å². The van der Waals surface area contributed by atoms with E-state index in [4.69, 9.17) is 0 Å². The topological polar surface area (TPSA) is 101 Å². The number of fused-ring (bicyclic) bond motifs is 3. The Morgan fingerprint density at radius 3 is 2.03 bits per heavy atom. The smallest absolute Gasteiger partial charge is 0.270 e. The van der Waals surface area contributed by atoms with Crippen LogP contribution in [0.15, 0.2) is 109 Å². The van der Waals surface area contributed by atoms with Crippen molar-refractivity contribution in [3.8, 4) is 11.1 Å². The molecule has 1 aliphatic rings. The van der Waals surface area contributed by atoms with E-state index >= 15 is 0 Å². The van der Waals surface area contributed by atoms with Crippen molar-refractivity contribution in [3.05, 3.63) is 141 Å². The lowest BCUT2D eigenvalue weighted by Crippen LogP contribution is -2.35. The molecule has 0 fully saturated rings. The highest BCUT2D eigenvalue weighted by Gasteiger charge is 2.31. The van der Waals surface area contributed by atoms with Crippen LogP contribution in [0.2, 0.25) is 0 Å². The molecule has 0 bridgehead atoms. The predicted octanol–water partition coefficient (Wildman–Crippen LogP) is 5.08. The molecule has 2 N–H and O–H groups in total. The van der Waals surface area contributed by atoms with Gasteiger partial charge in [-0.15, -0.1) is 0 Å². The van der Waals surface area contributed by atoms with Crippen LogP contribution in [-0.2, 0) is 11.3 Å². The van der Waals surface area contributed by atoms with Crippen LogP contribution in [0, 0.1) is 10.1 Å². The van der Waals surface area contributed by atoms with Gasteiger partial charge >= 0.3 is 0 Å². The van der Waals surface area contributed by atoms with Gasteiger partial charge in [0.2, 0.25) is 0 Å². The molecule has 0 radical (unpaired) electrons. The van der Waals surface area contributed by atoms with Gasteiger partial charge in [-0.2, -0.15) is 0 Å². The average molecular weight is 476 g/mol. The summed E-state index contributed by atoms with van der Waals surface area (Å²) in [6.07, 6.45) is 0. The van der Waals surface area contributed by atoms with Crippen LogP contribution in [0.5, 0.6) is 0 Å². The Kier molecular flexibility index (Phi) is 6.11. The molecule has 4 aromatic rings. The van der Waals surface area contributed by atoms with Crippen molar-refractivity contribution >= 4 is 23.1 Å². The van der Waals surface area contributed by atoms with E-state index in [-0.39, 0.29) is 17.9 Å².